The minimum absolute atomic E-state index is 0.0395. The molecule has 32 heavy (non-hydrogen) atoms. The summed E-state index contributed by atoms with van der Waals surface area (Å²) in [6.45, 7) is -0.106. The van der Waals surface area contributed by atoms with Crippen LogP contribution in [-0.2, 0) is 21.4 Å². The molecule has 0 heterocycles. The van der Waals surface area contributed by atoms with Crippen LogP contribution in [0.2, 0.25) is 0 Å². The summed E-state index contributed by atoms with van der Waals surface area (Å²) in [5.41, 5.74) is 1.53. The van der Waals surface area contributed by atoms with Gasteiger partial charge in [-0.25, -0.2) is 17.6 Å². The van der Waals surface area contributed by atoms with Crippen molar-refractivity contribution < 1.29 is 22.4 Å². The number of nitrogens with one attached hydrogen (secondary N) is 4. The number of hydrogen-bond acceptors (Lipinski definition) is 4. The zero-order chi connectivity index (χ0) is 23.0. The molecule has 0 fully saturated rings. The predicted molar refractivity (Wildman–Crippen MR) is 119 cm³/mol. The van der Waals surface area contributed by atoms with Gasteiger partial charge in [0.2, 0.25) is 5.91 Å². The first-order valence-corrected chi connectivity index (χ1v) is 11.0. The Kier molecular flexibility index (Phi) is 7.40. The highest BCUT2D eigenvalue weighted by molar-refractivity contribution is 7.92. The second-order valence-corrected chi connectivity index (χ2v) is 8.39. The van der Waals surface area contributed by atoms with Gasteiger partial charge in [0, 0.05) is 17.9 Å². The second-order valence-electron chi connectivity index (χ2n) is 6.71. The number of rotatable bonds is 8. The van der Waals surface area contributed by atoms with Crippen LogP contribution < -0.4 is 20.7 Å². The molecule has 0 saturated heterocycles. The Morgan fingerprint density at radius 1 is 0.781 bits per heavy atom. The molecule has 0 aromatic heterocycles. The molecule has 0 aliphatic carbocycles. The van der Waals surface area contributed by atoms with Crippen molar-refractivity contribution in [3.05, 3.63) is 90.2 Å². The summed E-state index contributed by atoms with van der Waals surface area (Å²) in [4.78, 5) is 23.9. The number of sulfonamides is 1. The third-order valence-electron chi connectivity index (χ3n) is 4.25. The van der Waals surface area contributed by atoms with E-state index in [1.54, 1.807) is 42.5 Å². The first-order valence-electron chi connectivity index (χ1n) is 9.56. The Bertz CT molecular complexity index is 1170. The fourth-order valence-electron chi connectivity index (χ4n) is 2.65. The van der Waals surface area contributed by atoms with Gasteiger partial charge in [-0.3, -0.25) is 9.52 Å². The van der Waals surface area contributed by atoms with E-state index in [0.717, 1.165) is 0 Å². The molecule has 3 aromatic carbocycles. The first kappa shape index (κ1) is 22.8. The summed E-state index contributed by atoms with van der Waals surface area (Å²) in [6, 6.07) is 19.2. The van der Waals surface area contributed by atoms with E-state index in [9.17, 15) is 22.4 Å². The Labute approximate surface area is 184 Å². The summed E-state index contributed by atoms with van der Waals surface area (Å²) < 4.78 is 40.2. The number of carbonyl (C=O) groups excluding carboxylic acids is 2. The SMILES string of the molecule is O=C(CNC(=O)NCc1ccc(F)cc1)Nc1ccc(S(=O)(=O)Nc2ccccc2)cc1. The van der Waals surface area contributed by atoms with Crippen molar-refractivity contribution in [3.63, 3.8) is 0 Å². The van der Waals surface area contributed by atoms with E-state index in [2.05, 4.69) is 20.7 Å². The quantitative estimate of drug-likeness (QED) is 0.417. The van der Waals surface area contributed by atoms with Crippen molar-refractivity contribution in [1.29, 1.82) is 0 Å². The molecule has 0 radical (unpaired) electrons. The number of carbonyl (C=O) groups is 2. The molecule has 0 unspecified atom stereocenters. The van der Waals surface area contributed by atoms with Gasteiger partial charge in [-0.1, -0.05) is 30.3 Å². The highest BCUT2D eigenvalue weighted by Crippen LogP contribution is 2.18. The Balaban J connectivity index is 1.45. The topological polar surface area (TPSA) is 116 Å². The van der Waals surface area contributed by atoms with Crippen molar-refractivity contribution in [2.24, 2.45) is 0 Å². The van der Waals surface area contributed by atoms with Crippen LogP contribution in [0.3, 0.4) is 0 Å². The molecule has 0 atom stereocenters. The lowest BCUT2D eigenvalue weighted by Gasteiger charge is -2.10. The molecular weight excluding hydrogens is 435 g/mol. The van der Waals surface area contributed by atoms with Gasteiger partial charge < -0.3 is 16.0 Å². The molecule has 3 rings (SSSR count). The van der Waals surface area contributed by atoms with E-state index in [-0.39, 0.29) is 23.8 Å². The Morgan fingerprint density at radius 3 is 2.09 bits per heavy atom. The van der Waals surface area contributed by atoms with Gasteiger partial charge in [-0.2, -0.15) is 0 Å². The lowest BCUT2D eigenvalue weighted by Crippen LogP contribution is -2.39. The molecular formula is C22H21FN4O4S. The number of amides is 3. The van der Waals surface area contributed by atoms with Crippen molar-refractivity contribution in [2.45, 2.75) is 11.4 Å². The van der Waals surface area contributed by atoms with Gasteiger partial charge in [0.1, 0.15) is 5.82 Å². The maximum absolute atomic E-state index is 12.9. The summed E-state index contributed by atoms with van der Waals surface area (Å²) in [6.07, 6.45) is 0. The number of hydrogen-bond donors (Lipinski definition) is 4. The van der Waals surface area contributed by atoms with Crippen molar-refractivity contribution in [1.82, 2.24) is 10.6 Å². The maximum Gasteiger partial charge on any atom is 0.315 e. The van der Waals surface area contributed by atoms with Crippen LogP contribution in [0.1, 0.15) is 5.56 Å². The maximum atomic E-state index is 12.9. The fourth-order valence-corrected chi connectivity index (χ4v) is 3.71. The van der Waals surface area contributed by atoms with Crippen LogP contribution in [0.5, 0.6) is 0 Å². The molecule has 0 aliphatic rings. The van der Waals surface area contributed by atoms with Gasteiger partial charge in [0.15, 0.2) is 0 Å². The van der Waals surface area contributed by atoms with Gasteiger partial charge in [0.05, 0.1) is 11.4 Å². The highest BCUT2D eigenvalue weighted by atomic mass is 32.2. The van der Waals surface area contributed by atoms with Gasteiger partial charge in [0.25, 0.3) is 10.0 Å². The van der Waals surface area contributed by atoms with Gasteiger partial charge >= 0.3 is 6.03 Å². The molecule has 8 nitrogen and oxygen atoms in total. The van der Waals surface area contributed by atoms with Gasteiger partial charge in [-0.05, 0) is 54.1 Å². The minimum atomic E-state index is -3.76. The standard InChI is InChI=1S/C22H21FN4O4S/c23-17-8-6-16(7-9-17)14-24-22(29)25-15-21(28)26-18-10-12-20(13-11-18)32(30,31)27-19-4-2-1-3-5-19/h1-13,27H,14-15H2,(H,26,28)(H2,24,25,29). The lowest BCUT2D eigenvalue weighted by atomic mass is 10.2. The van der Waals surface area contributed by atoms with Crippen LogP contribution in [0.4, 0.5) is 20.6 Å². The van der Waals surface area contributed by atoms with Gasteiger partial charge in [-0.15, -0.1) is 0 Å². The molecule has 0 spiro atoms. The normalized spacial score (nSPS) is 10.8. The van der Waals surface area contributed by atoms with Crippen molar-refractivity contribution >= 4 is 33.3 Å². The average molecular weight is 456 g/mol. The van der Waals surface area contributed by atoms with E-state index in [1.165, 1.54) is 36.4 Å². The molecule has 3 aromatic rings. The number of urea groups is 1. The summed E-state index contributed by atoms with van der Waals surface area (Å²) in [5, 5.41) is 7.53. The zero-order valence-corrected chi connectivity index (χ0v) is 17.7. The second kappa shape index (κ2) is 10.4. The fraction of sp³-hybridized carbons (Fsp3) is 0.0909. The average Bonchev–Trinajstić information content (AvgIpc) is 2.78. The van der Waals surface area contributed by atoms with E-state index in [1.807, 2.05) is 0 Å². The minimum Gasteiger partial charge on any atom is -0.334 e. The predicted octanol–water partition coefficient (Wildman–Crippen LogP) is 3.06. The number of benzene rings is 3. The van der Waals surface area contributed by atoms with Crippen LogP contribution in [0.15, 0.2) is 83.8 Å². The van der Waals surface area contributed by atoms with Crippen LogP contribution in [0, 0.1) is 5.82 Å². The molecule has 0 saturated carbocycles. The van der Waals surface area contributed by atoms with E-state index in [0.29, 0.717) is 16.9 Å². The molecule has 0 bridgehead atoms. The largest absolute Gasteiger partial charge is 0.334 e. The van der Waals surface area contributed by atoms with Crippen molar-refractivity contribution in [3.8, 4) is 0 Å². The van der Waals surface area contributed by atoms with E-state index < -0.39 is 22.0 Å². The third-order valence-corrected chi connectivity index (χ3v) is 5.65. The molecule has 166 valence electrons. The molecule has 4 N–H and O–H groups in total. The summed E-state index contributed by atoms with van der Waals surface area (Å²) in [7, 11) is -3.76. The lowest BCUT2D eigenvalue weighted by molar-refractivity contribution is -0.115. The van der Waals surface area contributed by atoms with E-state index in [4.69, 9.17) is 0 Å². The first-order chi connectivity index (χ1) is 15.3. The highest BCUT2D eigenvalue weighted by Gasteiger charge is 2.14. The van der Waals surface area contributed by atoms with Crippen molar-refractivity contribution in [2.75, 3.05) is 16.6 Å². The number of anilines is 2. The number of para-hydroxylation sites is 1. The monoisotopic (exact) mass is 456 g/mol. The summed E-state index contributed by atoms with van der Waals surface area (Å²) in [5.74, 6) is -0.854. The molecule has 3 amide bonds. The van der Waals surface area contributed by atoms with Crippen LogP contribution >= 0.6 is 0 Å². The summed E-state index contributed by atoms with van der Waals surface area (Å²) >= 11 is 0. The Hall–Kier alpha value is -3.92. The molecule has 10 heteroatoms. The van der Waals surface area contributed by atoms with E-state index >= 15 is 0 Å². The van der Waals surface area contributed by atoms with Crippen LogP contribution in [0.25, 0.3) is 0 Å². The third kappa shape index (κ3) is 6.81. The Morgan fingerprint density at radius 2 is 1.44 bits per heavy atom. The number of halogens is 1. The molecule has 0 aliphatic heterocycles. The smallest absolute Gasteiger partial charge is 0.315 e. The zero-order valence-electron chi connectivity index (χ0n) is 16.8. The van der Waals surface area contributed by atoms with Crippen LogP contribution in [-0.4, -0.2) is 26.9 Å².